The van der Waals surface area contributed by atoms with Crippen LogP contribution in [0, 0.1) is 5.82 Å². The summed E-state index contributed by atoms with van der Waals surface area (Å²) < 4.78 is 18.9. The summed E-state index contributed by atoms with van der Waals surface area (Å²) in [6.45, 7) is 0. The monoisotopic (exact) mass is 273 g/mol. The van der Waals surface area contributed by atoms with Crippen LogP contribution in [0.1, 0.15) is 35.8 Å². The number of rotatable bonds is 4. The summed E-state index contributed by atoms with van der Waals surface area (Å²) in [5.74, 6) is 6.50. The molecule has 1 aromatic carbocycles. The van der Waals surface area contributed by atoms with Crippen LogP contribution < -0.4 is 10.9 Å². The molecule has 1 heterocycles. The molecule has 0 atom stereocenters. The Labute approximate surface area is 116 Å². The molecule has 20 heavy (non-hydrogen) atoms. The molecular formula is C15H16FN3O. The van der Waals surface area contributed by atoms with Crippen molar-refractivity contribution < 1.29 is 8.81 Å². The van der Waals surface area contributed by atoms with Gasteiger partial charge in [-0.25, -0.2) is 15.2 Å². The maximum absolute atomic E-state index is 13.7. The normalized spacial score (nSPS) is 14.9. The van der Waals surface area contributed by atoms with Crippen molar-refractivity contribution in [2.45, 2.75) is 18.8 Å². The van der Waals surface area contributed by atoms with Crippen LogP contribution in [0.25, 0.3) is 12.2 Å². The molecule has 104 valence electrons. The van der Waals surface area contributed by atoms with Crippen molar-refractivity contribution in [1.29, 1.82) is 0 Å². The van der Waals surface area contributed by atoms with E-state index in [0.29, 0.717) is 17.5 Å². The second-order valence-corrected chi connectivity index (χ2v) is 5.02. The fraction of sp³-hybridized carbons (Fsp3) is 0.267. The first kappa shape index (κ1) is 12.9. The van der Waals surface area contributed by atoms with Gasteiger partial charge in [-0.3, -0.25) is 0 Å². The van der Waals surface area contributed by atoms with E-state index >= 15 is 0 Å². The van der Waals surface area contributed by atoms with Gasteiger partial charge < -0.3 is 9.43 Å². The van der Waals surface area contributed by atoms with Crippen molar-refractivity contribution in [3.05, 3.63) is 47.4 Å². The van der Waals surface area contributed by atoms with Crippen LogP contribution in [0.3, 0.4) is 0 Å². The van der Waals surface area contributed by atoms with Gasteiger partial charge in [0.15, 0.2) is 0 Å². The van der Waals surface area contributed by atoms with Crippen molar-refractivity contribution in [3.8, 4) is 0 Å². The van der Waals surface area contributed by atoms with Gasteiger partial charge in [-0.05, 0) is 42.5 Å². The van der Waals surface area contributed by atoms with E-state index in [2.05, 4.69) is 4.98 Å². The zero-order valence-corrected chi connectivity index (χ0v) is 11.2. The molecule has 0 saturated heterocycles. The van der Waals surface area contributed by atoms with Crippen molar-refractivity contribution in [3.63, 3.8) is 0 Å². The van der Waals surface area contributed by atoms with Crippen LogP contribution in [0.2, 0.25) is 0 Å². The maximum Gasteiger partial charge on any atom is 0.218 e. The summed E-state index contributed by atoms with van der Waals surface area (Å²) in [6, 6.07) is 3.04. The number of hydrazine groups is 1. The lowest BCUT2D eigenvalue weighted by Gasteiger charge is -2.18. The Hall–Kier alpha value is -2.14. The summed E-state index contributed by atoms with van der Waals surface area (Å²) in [6.07, 6.45) is 8.95. The van der Waals surface area contributed by atoms with Crippen LogP contribution in [0.5, 0.6) is 0 Å². The molecule has 3 rings (SSSR count). The van der Waals surface area contributed by atoms with Gasteiger partial charge >= 0.3 is 0 Å². The average molecular weight is 273 g/mol. The minimum Gasteiger partial charge on any atom is -0.445 e. The minimum atomic E-state index is -0.257. The van der Waals surface area contributed by atoms with Gasteiger partial charge in [0, 0.05) is 18.7 Å². The third-order valence-electron chi connectivity index (χ3n) is 3.40. The summed E-state index contributed by atoms with van der Waals surface area (Å²) in [7, 11) is 1.70. The Balaban J connectivity index is 2.06. The lowest BCUT2D eigenvalue weighted by Crippen LogP contribution is -2.26. The highest BCUT2D eigenvalue weighted by Crippen LogP contribution is 2.44. The maximum atomic E-state index is 13.7. The van der Waals surface area contributed by atoms with Crippen molar-refractivity contribution in [1.82, 2.24) is 4.98 Å². The second kappa shape index (κ2) is 5.09. The van der Waals surface area contributed by atoms with Gasteiger partial charge in [0.05, 0.1) is 11.9 Å². The van der Waals surface area contributed by atoms with E-state index in [1.165, 1.54) is 17.3 Å². The average Bonchev–Trinajstić information content (AvgIpc) is 3.13. The van der Waals surface area contributed by atoms with Crippen LogP contribution >= 0.6 is 0 Å². The van der Waals surface area contributed by atoms with Crippen LogP contribution in [0.15, 0.2) is 29.0 Å². The molecular weight excluding hydrogens is 257 g/mol. The standard InChI is InChI=1S/C15H16FN3O/c1-19(17)14-9-11(16)8-13(10-2-3-10)12(14)4-5-15-18-6-7-20-15/h4-10H,2-3,17H2,1H3/b5-4+. The van der Waals surface area contributed by atoms with Crippen LogP contribution in [-0.4, -0.2) is 12.0 Å². The summed E-state index contributed by atoms with van der Waals surface area (Å²) in [5.41, 5.74) is 2.59. The first-order chi connectivity index (χ1) is 9.65. The quantitative estimate of drug-likeness (QED) is 0.686. The molecule has 1 aromatic heterocycles. The molecule has 0 amide bonds. The molecule has 0 bridgehead atoms. The van der Waals surface area contributed by atoms with Crippen molar-refractivity contribution in [2.24, 2.45) is 5.84 Å². The molecule has 2 N–H and O–H groups in total. The molecule has 0 unspecified atom stereocenters. The third-order valence-corrected chi connectivity index (χ3v) is 3.40. The third kappa shape index (κ3) is 2.58. The molecule has 1 saturated carbocycles. The van der Waals surface area contributed by atoms with Gasteiger partial charge in [-0.15, -0.1) is 0 Å². The number of benzene rings is 1. The molecule has 0 spiro atoms. The number of aromatic nitrogens is 1. The van der Waals surface area contributed by atoms with Crippen LogP contribution in [0.4, 0.5) is 10.1 Å². The second-order valence-electron chi connectivity index (χ2n) is 5.02. The Morgan fingerprint density at radius 1 is 1.40 bits per heavy atom. The highest BCUT2D eigenvalue weighted by molar-refractivity contribution is 5.78. The fourth-order valence-electron chi connectivity index (χ4n) is 2.30. The highest BCUT2D eigenvalue weighted by Gasteiger charge is 2.27. The van der Waals surface area contributed by atoms with Gasteiger partial charge in [-0.1, -0.05) is 0 Å². The zero-order valence-electron chi connectivity index (χ0n) is 11.2. The van der Waals surface area contributed by atoms with E-state index in [4.69, 9.17) is 10.3 Å². The number of halogens is 1. The molecule has 5 heteroatoms. The predicted molar refractivity (Wildman–Crippen MR) is 76.4 cm³/mol. The van der Waals surface area contributed by atoms with Crippen LogP contribution in [-0.2, 0) is 0 Å². The van der Waals surface area contributed by atoms with Crippen molar-refractivity contribution >= 4 is 17.8 Å². The Morgan fingerprint density at radius 3 is 2.80 bits per heavy atom. The summed E-state index contributed by atoms with van der Waals surface area (Å²) in [4.78, 5) is 4.04. The number of anilines is 1. The summed E-state index contributed by atoms with van der Waals surface area (Å²) >= 11 is 0. The van der Waals surface area contributed by atoms with E-state index in [1.54, 1.807) is 25.4 Å². The number of oxazole rings is 1. The van der Waals surface area contributed by atoms with Crippen molar-refractivity contribution in [2.75, 3.05) is 12.1 Å². The number of nitrogens with zero attached hydrogens (tertiary/aromatic N) is 2. The number of nitrogens with two attached hydrogens (primary N) is 1. The van der Waals surface area contributed by atoms with Gasteiger partial charge in [0.1, 0.15) is 12.1 Å². The molecule has 2 aromatic rings. The lowest BCUT2D eigenvalue weighted by atomic mass is 10.00. The molecule has 1 fully saturated rings. The first-order valence-electron chi connectivity index (χ1n) is 6.54. The molecule has 1 aliphatic carbocycles. The van der Waals surface area contributed by atoms with E-state index in [9.17, 15) is 4.39 Å². The zero-order chi connectivity index (χ0) is 14.1. The Morgan fingerprint density at radius 2 is 2.20 bits per heavy atom. The van der Waals surface area contributed by atoms with Gasteiger partial charge in [0.25, 0.3) is 0 Å². The largest absolute Gasteiger partial charge is 0.445 e. The highest BCUT2D eigenvalue weighted by atomic mass is 19.1. The first-order valence-corrected chi connectivity index (χ1v) is 6.54. The number of hydrogen-bond acceptors (Lipinski definition) is 4. The topological polar surface area (TPSA) is 55.3 Å². The predicted octanol–water partition coefficient (Wildman–Crippen LogP) is 3.17. The number of hydrogen-bond donors (Lipinski definition) is 1. The minimum absolute atomic E-state index is 0.257. The Kier molecular flexibility index (Phi) is 3.28. The van der Waals surface area contributed by atoms with E-state index in [-0.39, 0.29) is 5.82 Å². The SMILES string of the molecule is CN(N)c1cc(F)cc(C2CC2)c1/C=C/c1ncco1. The molecule has 0 radical (unpaired) electrons. The smallest absolute Gasteiger partial charge is 0.218 e. The molecule has 4 nitrogen and oxygen atoms in total. The molecule has 1 aliphatic rings. The van der Waals surface area contributed by atoms with E-state index in [1.807, 2.05) is 6.08 Å². The van der Waals surface area contributed by atoms with E-state index < -0.39 is 0 Å². The van der Waals surface area contributed by atoms with Gasteiger partial charge in [-0.2, -0.15) is 0 Å². The fourth-order valence-corrected chi connectivity index (χ4v) is 2.30. The lowest BCUT2D eigenvalue weighted by molar-refractivity contribution is 0.547. The van der Waals surface area contributed by atoms with Gasteiger partial charge in [0.2, 0.25) is 5.89 Å². The molecule has 0 aliphatic heterocycles. The Bertz CT molecular complexity index is 608. The van der Waals surface area contributed by atoms with E-state index in [0.717, 1.165) is 24.0 Å². The summed E-state index contributed by atoms with van der Waals surface area (Å²) in [5, 5.41) is 1.43.